The number of carbonyl (C=O) groups excluding carboxylic acids is 1. The topological polar surface area (TPSA) is 45.1 Å². The molecule has 30 heavy (non-hydrogen) atoms. The van der Waals surface area contributed by atoms with Gasteiger partial charge in [0.15, 0.2) is 5.75 Å². The SMILES string of the molecule is Cc1ccc2c(c1)C(N1CCN(C(=O)C3CCCCC3)CC1)=Nc1ccccc1O2. The van der Waals surface area contributed by atoms with E-state index in [1.807, 2.05) is 30.3 Å². The van der Waals surface area contributed by atoms with Crippen LogP contribution in [0.15, 0.2) is 47.5 Å². The maximum absolute atomic E-state index is 13.0. The summed E-state index contributed by atoms with van der Waals surface area (Å²) in [6.45, 7) is 5.21. The van der Waals surface area contributed by atoms with Gasteiger partial charge in [0.05, 0.1) is 5.56 Å². The summed E-state index contributed by atoms with van der Waals surface area (Å²) >= 11 is 0. The fraction of sp³-hybridized carbons (Fsp3) is 0.440. The number of piperazine rings is 1. The number of hydrogen-bond donors (Lipinski definition) is 0. The van der Waals surface area contributed by atoms with Gasteiger partial charge in [-0.1, -0.05) is 43.0 Å². The Labute approximate surface area is 178 Å². The van der Waals surface area contributed by atoms with Crippen molar-refractivity contribution in [3.8, 4) is 11.5 Å². The zero-order valence-corrected chi connectivity index (χ0v) is 17.6. The van der Waals surface area contributed by atoms with Crippen molar-refractivity contribution in [2.24, 2.45) is 10.9 Å². The lowest BCUT2D eigenvalue weighted by atomic mass is 9.88. The van der Waals surface area contributed by atoms with E-state index < -0.39 is 0 Å². The van der Waals surface area contributed by atoms with Gasteiger partial charge in [0.1, 0.15) is 17.3 Å². The Balaban J connectivity index is 1.39. The lowest BCUT2D eigenvalue weighted by Crippen LogP contribution is -2.52. The van der Waals surface area contributed by atoms with Crippen LogP contribution in [0.5, 0.6) is 11.5 Å². The van der Waals surface area contributed by atoms with Gasteiger partial charge in [-0.05, 0) is 44.0 Å². The number of nitrogens with zero attached hydrogens (tertiary/aromatic N) is 3. The minimum absolute atomic E-state index is 0.240. The molecule has 2 aromatic rings. The third-order valence-electron chi connectivity index (χ3n) is 6.53. The molecule has 1 saturated heterocycles. The number of amidine groups is 1. The van der Waals surface area contributed by atoms with Gasteiger partial charge in [0.2, 0.25) is 5.91 Å². The van der Waals surface area contributed by atoms with Crippen molar-refractivity contribution < 1.29 is 9.53 Å². The fourth-order valence-electron chi connectivity index (χ4n) is 4.82. The second-order valence-electron chi connectivity index (χ2n) is 8.65. The van der Waals surface area contributed by atoms with Gasteiger partial charge in [-0.3, -0.25) is 4.79 Å². The maximum atomic E-state index is 13.0. The predicted molar refractivity (Wildman–Crippen MR) is 119 cm³/mol. The number of aryl methyl sites for hydroxylation is 1. The molecule has 2 fully saturated rings. The number of aliphatic imine (C=N–C) groups is 1. The van der Waals surface area contributed by atoms with Gasteiger partial charge in [-0.25, -0.2) is 4.99 Å². The van der Waals surface area contributed by atoms with Gasteiger partial charge >= 0.3 is 0 Å². The molecular formula is C25H29N3O2. The van der Waals surface area contributed by atoms with Crippen molar-refractivity contribution >= 4 is 17.4 Å². The van der Waals surface area contributed by atoms with Crippen LogP contribution in [0.1, 0.15) is 43.2 Å². The van der Waals surface area contributed by atoms with Gasteiger partial charge in [-0.2, -0.15) is 0 Å². The van der Waals surface area contributed by atoms with Crippen LogP contribution in [0.3, 0.4) is 0 Å². The number of amides is 1. The molecule has 5 heteroatoms. The average Bonchev–Trinajstić information content (AvgIpc) is 2.96. The van der Waals surface area contributed by atoms with Crippen molar-refractivity contribution in [2.45, 2.75) is 39.0 Å². The van der Waals surface area contributed by atoms with Crippen LogP contribution in [0.4, 0.5) is 5.69 Å². The van der Waals surface area contributed by atoms with E-state index in [4.69, 9.17) is 9.73 Å². The molecule has 3 aliphatic rings. The predicted octanol–water partition coefficient (Wildman–Crippen LogP) is 4.90. The number of ether oxygens (including phenoxy) is 1. The highest BCUT2D eigenvalue weighted by Gasteiger charge is 2.31. The van der Waals surface area contributed by atoms with Crippen LogP contribution in [0.25, 0.3) is 0 Å². The van der Waals surface area contributed by atoms with Crippen LogP contribution >= 0.6 is 0 Å². The molecule has 2 aromatic carbocycles. The molecule has 0 bridgehead atoms. The molecule has 0 spiro atoms. The third kappa shape index (κ3) is 3.69. The van der Waals surface area contributed by atoms with E-state index in [-0.39, 0.29) is 5.92 Å². The number of rotatable bonds is 1. The Kier molecular flexibility index (Phi) is 5.19. The van der Waals surface area contributed by atoms with E-state index >= 15 is 0 Å². The Morgan fingerprint density at radius 1 is 0.967 bits per heavy atom. The van der Waals surface area contributed by atoms with E-state index in [2.05, 4.69) is 28.9 Å². The number of hydrogen-bond acceptors (Lipinski definition) is 4. The average molecular weight is 404 g/mol. The van der Waals surface area contributed by atoms with Gasteiger partial charge in [-0.15, -0.1) is 0 Å². The Morgan fingerprint density at radius 2 is 1.73 bits per heavy atom. The molecule has 2 aliphatic heterocycles. The summed E-state index contributed by atoms with van der Waals surface area (Å²) in [5.41, 5.74) is 3.06. The molecule has 0 unspecified atom stereocenters. The Bertz CT molecular complexity index is 970. The second-order valence-corrected chi connectivity index (χ2v) is 8.65. The monoisotopic (exact) mass is 403 g/mol. The molecule has 0 aromatic heterocycles. The lowest BCUT2D eigenvalue weighted by molar-refractivity contribution is -0.137. The molecule has 5 nitrogen and oxygen atoms in total. The quantitative estimate of drug-likeness (QED) is 0.680. The van der Waals surface area contributed by atoms with Crippen LogP contribution in [0, 0.1) is 12.8 Å². The van der Waals surface area contributed by atoms with Crippen molar-refractivity contribution in [3.05, 3.63) is 53.6 Å². The summed E-state index contributed by atoms with van der Waals surface area (Å²) in [5.74, 6) is 3.17. The molecule has 1 saturated carbocycles. The van der Waals surface area contributed by atoms with Crippen molar-refractivity contribution in [1.29, 1.82) is 0 Å². The minimum atomic E-state index is 0.240. The van der Waals surface area contributed by atoms with Crippen molar-refractivity contribution in [3.63, 3.8) is 0 Å². The molecule has 156 valence electrons. The zero-order chi connectivity index (χ0) is 20.5. The highest BCUT2D eigenvalue weighted by atomic mass is 16.5. The Morgan fingerprint density at radius 3 is 2.53 bits per heavy atom. The summed E-state index contributed by atoms with van der Waals surface area (Å²) in [6.07, 6.45) is 5.80. The Hall–Kier alpha value is -2.82. The van der Waals surface area contributed by atoms with E-state index in [0.29, 0.717) is 5.91 Å². The summed E-state index contributed by atoms with van der Waals surface area (Å²) in [5, 5.41) is 0. The zero-order valence-electron chi connectivity index (χ0n) is 17.6. The highest BCUT2D eigenvalue weighted by Crippen LogP contribution is 2.38. The molecule has 0 atom stereocenters. The summed E-state index contributed by atoms with van der Waals surface area (Å²) in [7, 11) is 0. The standard InChI is InChI=1S/C25H29N3O2/c1-18-11-12-22-20(17-18)24(26-21-9-5-6-10-23(21)30-22)27-13-15-28(16-14-27)25(29)19-7-3-2-4-8-19/h5-6,9-12,17,19H,2-4,7-8,13-16H2,1H3. The number of carbonyl (C=O) groups is 1. The molecule has 0 radical (unpaired) electrons. The minimum Gasteiger partial charge on any atom is -0.454 e. The van der Waals surface area contributed by atoms with Gasteiger partial charge in [0, 0.05) is 32.1 Å². The first-order chi connectivity index (χ1) is 14.7. The van der Waals surface area contributed by atoms with E-state index in [1.165, 1.54) is 24.8 Å². The van der Waals surface area contributed by atoms with Gasteiger partial charge < -0.3 is 14.5 Å². The molecule has 5 rings (SSSR count). The first kappa shape index (κ1) is 19.2. The molecular weight excluding hydrogens is 374 g/mol. The van der Waals surface area contributed by atoms with E-state index in [0.717, 1.165) is 67.6 Å². The van der Waals surface area contributed by atoms with Crippen LogP contribution in [-0.4, -0.2) is 47.7 Å². The normalized spacial score (nSPS) is 19.3. The summed E-state index contributed by atoms with van der Waals surface area (Å²) in [4.78, 5) is 22.4. The molecule has 2 heterocycles. The smallest absolute Gasteiger partial charge is 0.225 e. The third-order valence-corrected chi connectivity index (χ3v) is 6.53. The van der Waals surface area contributed by atoms with E-state index in [1.54, 1.807) is 0 Å². The first-order valence-electron chi connectivity index (χ1n) is 11.2. The largest absolute Gasteiger partial charge is 0.454 e. The number of fused-ring (bicyclic) bond motifs is 2. The summed E-state index contributed by atoms with van der Waals surface area (Å²) in [6, 6.07) is 14.2. The maximum Gasteiger partial charge on any atom is 0.225 e. The molecule has 1 aliphatic carbocycles. The molecule has 0 N–H and O–H groups in total. The summed E-state index contributed by atoms with van der Waals surface area (Å²) < 4.78 is 6.21. The van der Waals surface area contributed by atoms with Crippen molar-refractivity contribution in [2.75, 3.05) is 26.2 Å². The van der Waals surface area contributed by atoms with Gasteiger partial charge in [0.25, 0.3) is 0 Å². The molecule has 1 amide bonds. The van der Waals surface area contributed by atoms with Crippen molar-refractivity contribution in [1.82, 2.24) is 9.80 Å². The van der Waals surface area contributed by atoms with Crippen LogP contribution in [-0.2, 0) is 4.79 Å². The number of para-hydroxylation sites is 2. The lowest BCUT2D eigenvalue weighted by Gasteiger charge is -2.38. The highest BCUT2D eigenvalue weighted by molar-refractivity contribution is 6.04. The van der Waals surface area contributed by atoms with Crippen LogP contribution < -0.4 is 4.74 Å². The second kappa shape index (κ2) is 8.13. The first-order valence-corrected chi connectivity index (χ1v) is 11.2. The number of benzene rings is 2. The van der Waals surface area contributed by atoms with E-state index in [9.17, 15) is 4.79 Å². The van der Waals surface area contributed by atoms with Crippen LogP contribution in [0.2, 0.25) is 0 Å². The fourth-order valence-corrected chi connectivity index (χ4v) is 4.82.